The van der Waals surface area contributed by atoms with Gasteiger partial charge in [0.05, 0.1) is 11.4 Å². The van der Waals surface area contributed by atoms with Crippen molar-refractivity contribution in [2.75, 3.05) is 49.3 Å². The van der Waals surface area contributed by atoms with Gasteiger partial charge in [0.2, 0.25) is 10.0 Å². The Kier molecular flexibility index (Phi) is 5.34. The molecule has 0 saturated carbocycles. The molecule has 1 aromatic rings. The zero-order valence-corrected chi connectivity index (χ0v) is 15.8. The van der Waals surface area contributed by atoms with Gasteiger partial charge in [0, 0.05) is 44.8 Å². The van der Waals surface area contributed by atoms with Gasteiger partial charge in [0.1, 0.15) is 0 Å². The highest BCUT2D eigenvalue weighted by atomic mass is 32.2. The molecule has 138 valence electrons. The number of piperazine rings is 1. The third kappa shape index (κ3) is 4.15. The van der Waals surface area contributed by atoms with Crippen molar-refractivity contribution in [2.24, 2.45) is 5.92 Å². The van der Waals surface area contributed by atoms with Crippen LogP contribution in [0.4, 0.5) is 5.69 Å². The molecule has 3 rings (SSSR count). The van der Waals surface area contributed by atoms with Gasteiger partial charge in [-0.2, -0.15) is 0 Å². The Morgan fingerprint density at radius 2 is 1.84 bits per heavy atom. The van der Waals surface area contributed by atoms with E-state index in [9.17, 15) is 13.2 Å². The van der Waals surface area contributed by atoms with E-state index < -0.39 is 10.0 Å². The quantitative estimate of drug-likeness (QED) is 0.814. The number of hydrogen-bond acceptors (Lipinski definition) is 4. The minimum absolute atomic E-state index is 0.0114. The second kappa shape index (κ2) is 7.33. The fourth-order valence-corrected chi connectivity index (χ4v) is 5.11. The van der Waals surface area contributed by atoms with Crippen LogP contribution >= 0.6 is 0 Å². The molecule has 2 heterocycles. The number of hydrogen-bond donors (Lipinski definition) is 0. The van der Waals surface area contributed by atoms with Crippen LogP contribution < -0.4 is 4.31 Å². The van der Waals surface area contributed by atoms with E-state index in [-0.39, 0.29) is 11.7 Å². The fraction of sp³-hybridized carbons (Fsp3) is 0.611. The molecule has 6 nitrogen and oxygen atoms in total. The average Bonchev–Trinajstić information content (AvgIpc) is 2.94. The molecule has 2 aliphatic heterocycles. The third-order valence-electron chi connectivity index (χ3n) is 4.76. The van der Waals surface area contributed by atoms with Gasteiger partial charge < -0.3 is 4.90 Å². The first-order valence-electron chi connectivity index (χ1n) is 8.99. The van der Waals surface area contributed by atoms with E-state index in [1.54, 1.807) is 24.3 Å². The molecule has 0 radical (unpaired) electrons. The lowest BCUT2D eigenvalue weighted by molar-refractivity contribution is 0.0624. The Bertz CT molecular complexity index is 725. The summed E-state index contributed by atoms with van der Waals surface area (Å²) in [7, 11) is -3.22. The summed E-state index contributed by atoms with van der Waals surface area (Å²) >= 11 is 0. The Morgan fingerprint density at radius 3 is 2.44 bits per heavy atom. The van der Waals surface area contributed by atoms with E-state index in [1.165, 1.54) is 4.31 Å². The summed E-state index contributed by atoms with van der Waals surface area (Å²) in [5.74, 6) is 0.798. The minimum atomic E-state index is -3.22. The van der Waals surface area contributed by atoms with E-state index >= 15 is 0 Å². The molecule has 2 fully saturated rings. The van der Waals surface area contributed by atoms with Crippen LogP contribution in [0.25, 0.3) is 0 Å². The van der Waals surface area contributed by atoms with Gasteiger partial charge in [-0.3, -0.25) is 14.0 Å². The summed E-state index contributed by atoms with van der Waals surface area (Å²) in [5, 5.41) is 0. The largest absolute Gasteiger partial charge is 0.336 e. The summed E-state index contributed by atoms with van der Waals surface area (Å²) in [5.41, 5.74) is 1.17. The molecule has 0 aromatic heterocycles. The van der Waals surface area contributed by atoms with Gasteiger partial charge in [-0.25, -0.2) is 8.42 Å². The third-order valence-corrected chi connectivity index (χ3v) is 6.63. The lowest BCUT2D eigenvalue weighted by Crippen LogP contribution is -2.49. The molecule has 1 aromatic carbocycles. The Balaban J connectivity index is 1.68. The summed E-state index contributed by atoms with van der Waals surface area (Å²) < 4.78 is 25.6. The molecule has 2 saturated heterocycles. The Labute approximate surface area is 150 Å². The Morgan fingerprint density at radius 1 is 1.12 bits per heavy atom. The average molecular weight is 365 g/mol. The number of sulfonamides is 1. The van der Waals surface area contributed by atoms with Gasteiger partial charge in [0.15, 0.2) is 0 Å². The van der Waals surface area contributed by atoms with E-state index in [0.29, 0.717) is 30.1 Å². The van der Waals surface area contributed by atoms with Crippen LogP contribution in [0.15, 0.2) is 24.3 Å². The van der Waals surface area contributed by atoms with Crippen molar-refractivity contribution in [3.05, 3.63) is 29.8 Å². The second-order valence-corrected chi connectivity index (χ2v) is 9.29. The molecule has 0 unspecified atom stereocenters. The van der Waals surface area contributed by atoms with Gasteiger partial charge in [-0.1, -0.05) is 19.9 Å². The van der Waals surface area contributed by atoms with Crippen LogP contribution in [-0.4, -0.2) is 69.1 Å². The zero-order valence-electron chi connectivity index (χ0n) is 15.0. The summed E-state index contributed by atoms with van der Waals surface area (Å²) in [6.07, 6.45) is 0.637. The predicted octanol–water partition coefficient (Wildman–Crippen LogP) is 1.64. The van der Waals surface area contributed by atoms with Gasteiger partial charge in [-0.05, 0) is 30.5 Å². The molecule has 0 N–H and O–H groups in total. The normalized spacial score (nSPS) is 21.1. The first-order valence-corrected chi connectivity index (χ1v) is 10.6. The van der Waals surface area contributed by atoms with E-state index in [2.05, 4.69) is 18.7 Å². The molecule has 2 aliphatic rings. The van der Waals surface area contributed by atoms with E-state index in [1.807, 2.05) is 4.90 Å². The highest BCUT2D eigenvalue weighted by Crippen LogP contribution is 2.25. The van der Waals surface area contributed by atoms with Gasteiger partial charge >= 0.3 is 0 Å². The summed E-state index contributed by atoms with van der Waals surface area (Å²) in [4.78, 5) is 17.1. The van der Waals surface area contributed by atoms with Crippen molar-refractivity contribution < 1.29 is 13.2 Å². The van der Waals surface area contributed by atoms with Gasteiger partial charge in [0.25, 0.3) is 5.91 Å². The minimum Gasteiger partial charge on any atom is -0.336 e. The SMILES string of the molecule is CC(C)CN1CCN(C(=O)c2cccc(N3CCCS3(=O)=O)c2)CC1. The van der Waals surface area contributed by atoms with Crippen LogP contribution in [0, 0.1) is 5.92 Å². The highest BCUT2D eigenvalue weighted by Gasteiger charge is 2.29. The fourth-order valence-electron chi connectivity index (χ4n) is 3.56. The maximum atomic E-state index is 12.8. The van der Waals surface area contributed by atoms with Crippen LogP contribution in [0.2, 0.25) is 0 Å². The molecule has 0 spiro atoms. The standard InChI is InChI=1S/C18H27N3O3S/c1-15(2)14-19-8-10-20(11-9-19)18(22)16-5-3-6-17(13-16)21-7-4-12-25(21,23)24/h3,5-6,13,15H,4,7-12,14H2,1-2H3. The Hall–Kier alpha value is -1.60. The molecule has 1 amide bonds. The smallest absolute Gasteiger partial charge is 0.254 e. The van der Waals surface area contributed by atoms with Crippen molar-refractivity contribution in [2.45, 2.75) is 20.3 Å². The highest BCUT2D eigenvalue weighted by molar-refractivity contribution is 7.93. The number of anilines is 1. The number of carbonyl (C=O) groups excluding carboxylic acids is 1. The number of nitrogens with zero attached hydrogens (tertiary/aromatic N) is 3. The first-order chi connectivity index (χ1) is 11.9. The number of benzene rings is 1. The lowest BCUT2D eigenvalue weighted by Gasteiger charge is -2.35. The van der Waals surface area contributed by atoms with Crippen LogP contribution in [0.3, 0.4) is 0 Å². The molecule has 0 bridgehead atoms. The van der Waals surface area contributed by atoms with Crippen LogP contribution in [0.5, 0.6) is 0 Å². The zero-order chi connectivity index (χ0) is 18.0. The number of carbonyl (C=O) groups is 1. The molecule has 0 atom stereocenters. The molecule has 0 aliphatic carbocycles. The molecule has 7 heteroatoms. The lowest BCUT2D eigenvalue weighted by atomic mass is 10.1. The number of rotatable bonds is 4. The summed E-state index contributed by atoms with van der Waals surface area (Å²) in [6.45, 7) is 9.19. The maximum Gasteiger partial charge on any atom is 0.254 e. The first kappa shape index (κ1) is 18.2. The van der Waals surface area contributed by atoms with E-state index in [4.69, 9.17) is 0 Å². The van der Waals surface area contributed by atoms with Crippen molar-refractivity contribution in [3.63, 3.8) is 0 Å². The predicted molar refractivity (Wildman–Crippen MR) is 99.4 cm³/mol. The van der Waals surface area contributed by atoms with Crippen LogP contribution in [0.1, 0.15) is 30.6 Å². The van der Waals surface area contributed by atoms with Gasteiger partial charge in [-0.15, -0.1) is 0 Å². The summed E-state index contributed by atoms with van der Waals surface area (Å²) in [6, 6.07) is 7.02. The number of amides is 1. The second-order valence-electron chi connectivity index (χ2n) is 7.28. The van der Waals surface area contributed by atoms with Crippen molar-refractivity contribution in [1.82, 2.24) is 9.80 Å². The maximum absolute atomic E-state index is 12.8. The molecular formula is C18H27N3O3S. The van der Waals surface area contributed by atoms with Crippen LogP contribution in [-0.2, 0) is 10.0 Å². The van der Waals surface area contributed by atoms with Crippen molar-refractivity contribution >= 4 is 21.6 Å². The topological polar surface area (TPSA) is 60.9 Å². The monoisotopic (exact) mass is 365 g/mol. The molecule has 25 heavy (non-hydrogen) atoms. The molecular weight excluding hydrogens is 338 g/mol. The van der Waals surface area contributed by atoms with E-state index in [0.717, 1.165) is 32.7 Å². The van der Waals surface area contributed by atoms with Crippen molar-refractivity contribution in [1.29, 1.82) is 0 Å². The van der Waals surface area contributed by atoms with Crippen molar-refractivity contribution in [3.8, 4) is 0 Å².